The summed E-state index contributed by atoms with van der Waals surface area (Å²) < 4.78 is 0. The van der Waals surface area contributed by atoms with Crippen LogP contribution in [0.2, 0.25) is 0 Å². The summed E-state index contributed by atoms with van der Waals surface area (Å²) in [6.07, 6.45) is 5.89. The van der Waals surface area contributed by atoms with E-state index in [2.05, 4.69) is 39.8 Å². The first-order valence-electron chi connectivity index (χ1n) is 7.52. The molecule has 1 heterocycles. The van der Waals surface area contributed by atoms with Crippen molar-refractivity contribution in [3.63, 3.8) is 0 Å². The van der Waals surface area contributed by atoms with Gasteiger partial charge in [-0.15, -0.1) is 22.0 Å². The van der Waals surface area contributed by atoms with Crippen LogP contribution in [-0.4, -0.2) is 23.0 Å². The van der Waals surface area contributed by atoms with Crippen molar-refractivity contribution in [3.8, 4) is 0 Å². The number of thioether (sulfide) groups is 1. The summed E-state index contributed by atoms with van der Waals surface area (Å²) in [5.41, 5.74) is 3.61. The number of fused-ring (bicyclic) bond motifs is 2. The Labute approximate surface area is 129 Å². The lowest BCUT2D eigenvalue weighted by atomic mass is 9.95. The van der Waals surface area contributed by atoms with E-state index < -0.39 is 0 Å². The molecule has 1 N–H and O–H groups in total. The van der Waals surface area contributed by atoms with E-state index in [4.69, 9.17) is 0 Å². The summed E-state index contributed by atoms with van der Waals surface area (Å²) in [6, 6.07) is 13.0. The lowest BCUT2D eigenvalue weighted by Crippen LogP contribution is -2.13. The Hall–Kier alpha value is -1.55. The molecular weight excluding hydrogens is 278 g/mol. The van der Waals surface area contributed by atoms with Gasteiger partial charge in [0.05, 0.1) is 0 Å². The summed E-state index contributed by atoms with van der Waals surface area (Å²) in [4.78, 5) is 0. The highest BCUT2D eigenvalue weighted by atomic mass is 32.2. The molecule has 0 bridgehead atoms. The zero-order valence-corrected chi connectivity index (χ0v) is 13.0. The van der Waals surface area contributed by atoms with Gasteiger partial charge in [0.15, 0.2) is 0 Å². The molecule has 0 unspecified atom stereocenters. The van der Waals surface area contributed by atoms with E-state index in [1.54, 1.807) is 22.9 Å². The highest BCUT2D eigenvalue weighted by molar-refractivity contribution is 7.98. The van der Waals surface area contributed by atoms with Gasteiger partial charge in [0.2, 0.25) is 0 Å². The SMILES string of the molecule is CSc1ccc(NC[C@H]2C[C@@]23CCc2ccccc23)nn1. The number of hydrogen-bond donors (Lipinski definition) is 1. The zero-order valence-electron chi connectivity index (χ0n) is 12.2. The molecule has 2 aromatic rings. The van der Waals surface area contributed by atoms with Crippen LogP contribution < -0.4 is 5.32 Å². The second kappa shape index (κ2) is 5.02. The Bertz CT molecular complexity index is 655. The summed E-state index contributed by atoms with van der Waals surface area (Å²) in [5, 5.41) is 12.8. The minimum absolute atomic E-state index is 0.455. The van der Waals surface area contributed by atoms with E-state index in [-0.39, 0.29) is 0 Å². The number of benzene rings is 1. The van der Waals surface area contributed by atoms with Gasteiger partial charge in [0.25, 0.3) is 0 Å². The predicted molar refractivity (Wildman–Crippen MR) is 86.9 cm³/mol. The molecule has 0 radical (unpaired) electrons. The molecule has 0 amide bonds. The van der Waals surface area contributed by atoms with E-state index in [1.165, 1.54) is 19.3 Å². The Kier molecular flexibility index (Phi) is 3.14. The molecule has 4 heteroatoms. The molecule has 1 aromatic carbocycles. The van der Waals surface area contributed by atoms with Crippen molar-refractivity contribution >= 4 is 17.6 Å². The molecule has 0 saturated heterocycles. The largest absolute Gasteiger partial charge is 0.368 e. The molecule has 1 spiro atoms. The average Bonchev–Trinajstić information content (AvgIpc) is 3.13. The fourth-order valence-corrected chi connectivity index (χ4v) is 4.08. The average molecular weight is 297 g/mol. The fraction of sp³-hybridized carbons (Fsp3) is 0.412. The van der Waals surface area contributed by atoms with Crippen LogP contribution in [0.5, 0.6) is 0 Å². The first-order chi connectivity index (χ1) is 10.3. The standard InChI is InChI=1S/C17H19N3S/c1-21-16-7-6-15(19-20-16)18-11-13-10-17(13)9-8-12-4-2-3-5-14(12)17/h2-7,13H,8-11H2,1H3,(H,18,19)/t13-,17+/m1/s1. The van der Waals surface area contributed by atoms with Gasteiger partial charge in [0, 0.05) is 12.0 Å². The summed E-state index contributed by atoms with van der Waals surface area (Å²) >= 11 is 1.62. The van der Waals surface area contributed by atoms with Crippen LogP contribution in [0.15, 0.2) is 41.4 Å². The topological polar surface area (TPSA) is 37.8 Å². The second-order valence-electron chi connectivity index (χ2n) is 6.06. The normalized spacial score (nSPS) is 25.9. The molecule has 2 aliphatic carbocycles. The number of anilines is 1. The maximum absolute atomic E-state index is 4.23. The summed E-state index contributed by atoms with van der Waals surface area (Å²) in [5.74, 6) is 1.63. The van der Waals surface area contributed by atoms with Crippen LogP contribution in [0.4, 0.5) is 5.82 Å². The Morgan fingerprint density at radius 3 is 2.95 bits per heavy atom. The van der Waals surface area contributed by atoms with Crippen molar-refractivity contribution in [1.29, 1.82) is 0 Å². The third-order valence-electron chi connectivity index (χ3n) is 5.01. The summed E-state index contributed by atoms with van der Waals surface area (Å²) in [7, 11) is 0. The van der Waals surface area contributed by atoms with Crippen molar-refractivity contribution in [2.24, 2.45) is 5.92 Å². The first kappa shape index (κ1) is 13.1. The third-order valence-corrected chi connectivity index (χ3v) is 5.64. The third kappa shape index (κ3) is 2.22. The molecule has 1 aromatic heterocycles. The van der Waals surface area contributed by atoms with Gasteiger partial charge in [-0.2, -0.15) is 0 Å². The Morgan fingerprint density at radius 2 is 2.14 bits per heavy atom. The van der Waals surface area contributed by atoms with E-state index in [0.29, 0.717) is 5.41 Å². The number of aromatic nitrogens is 2. The van der Waals surface area contributed by atoms with Gasteiger partial charge in [-0.05, 0) is 54.7 Å². The molecule has 0 aliphatic heterocycles. The van der Waals surface area contributed by atoms with Crippen LogP contribution >= 0.6 is 11.8 Å². The van der Waals surface area contributed by atoms with Crippen molar-refractivity contribution in [2.75, 3.05) is 18.1 Å². The van der Waals surface area contributed by atoms with Crippen molar-refractivity contribution < 1.29 is 0 Å². The first-order valence-corrected chi connectivity index (χ1v) is 8.74. The van der Waals surface area contributed by atoms with Gasteiger partial charge in [0.1, 0.15) is 10.8 Å². The van der Waals surface area contributed by atoms with Crippen LogP contribution in [0.3, 0.4) is 0 Å². The molecular formula is C17H19N3S. The van der Waals surface area contributed by atoms with Crippen LogP contribution in [0.1, 0.15) is 24.0 Å². The van der Waals surface area contributed by atoms with Gasteiger partial charge in [-0.3, -0.25) is 0 Å². The summed E-state index contributed by atoms with van der Waals surface area (Å²) in [6.45, 7) is 1.00. The van der Waals surface area contributed by atoms with Gasteiger partial charge in [-0.25, -0.2) is 0 Å². The van der Waals surface area contributed by atoms with E-state index in [1.807, 2.05) is 18.4 Å². The molecule has 3 nitrogen and oxygen atoms in total. The lowest BCUT2D eigenvalue weighted by Gasteiger charge is -2.12. The molecule has 4 rings (SSSR count). The van der Waals surface area contributed by atoms with E-state index in [9.17, 15) is 0 Å². The fourth-order valence-electron chi connectivity index (χ4n) is 3.75. The molecule has 2 aliphatic rings. The van der Waals surface area contributed by atoms with Gasteiger partial charge >= 0.3 is 0 Å². The second-order valence-corrected chi connectivity index (χ2v) is 6.88. The highest BCUT2D eigenvalue weighted by Gasteiger charge is 2.57. The van der Waals surface area contributed by atoms with Gasteiger partial charge < -0.3 is 5.32 Å². The molecule has 1 fully saturated rings. The van der Waals surface area contributed by atoms with Crippen LogP contribution in [0, 0.1) is 5.92 Å². The quantitative estimate of drug-likeness (QED) is 0.876. The monoisotopic (exact) mass is 297 g/mol. The van der Waals surface area contributed by atoms with Crippen molar-refractivity contribution in [2.45, 2.75) is 29.7 Å². The van der Waals surface area contributed by atoms with E-state index in [0.717, 1.165) is 23.3 Å². The molecule has 21 heavy (non-hydrogen) atoms. The van der Waals surface area contributed by atoms with Crippen LogP contribution in [0.25, 0.3) is 0 Å². The van der Waals surface area contributed by atoms with Crippen molar-refractivity contribution in [1.82, 2.24) is 10.2 Å². The maximum Gasteiger partial charge on any atom is 0.148 e. The Balaban J connectivity index is 1.42. The van der Waals surface area contributed by atoms with Crippen LogP contribution in [-0.2, 0) is 11.8 Å². The van der Waals surface area contributed by atoms with Crippen molar-refractivity contribution in [3.05, 3.63) is 47.5 Å². The Morgan fingerprint density at radius 1 is 1.24 bits per heavy atom. The maximum atomic E-state index is 4.23. The number of nitrogens with zero attached hydrogens (tertiary/aromatic N) is 2. The number of hydrogen-bond acceptors (Lipinski definition) is 4. The minimum atomic E-state index is 0.455. The predicted octanol–water partition coefficient (Wildman–Crippen LogP) is 3.51. The lowest BCUT2D eigenvalue weighted by molar-refractivity contribution is 0.609. The molecule has 1 saturated carbocycles. The smallest absolute Gasteiger partial charge is 0.148 e. The highest BCUT2D eigenvalue weighted by Crippen LogP contribution is 2.61. The van der Waals surface area contributed by atoms with Gasteiger partial charge in [-0.1, -0.05) is 24.3 Å². The number of aryl methyl sites for hydroxylation is 1. The number of rotatable bonds is 4. The minimum Gasteiger partial charge on any atom is -0.368 e. The molecule has 2 atom stereocenters. The van der Waals surface area contributed by atoms with E-state index >= 15 is 0 Å². The number of nitrogens with one attached hydrogen (secondary N) is 1. The zero-order chi connectivity index (χ0) is 14.3. The molecule has 108 valence electrons.